The molecule has 0 aliphatic carbocycles. The summed E-state index contributed by atoms with van der Waals surface area (Å²) >= 11 is 0. The van der Waals surface area contributed by atoms with Crippen LogP contribution < -0.4 is 19.7 Å². The van der Waals surface area contributed by atoms with Crippen LogP contribution in [-0.4, -0.2) is 25.0 Å². The van der Waals surface area contributed by atoms with Crippen LogP contribution in [0.5, 0.6) is 11.5 Å². The molecule has 0 fully saturated rings. The van der Waals surface area contributed by atoms with Gasteiger partial charge in [-0.1, -0.05) is 30.3 Å². The molecular formula is C28H28N2O4. The van der Waals surface area contributed by atoms with Crippen molar-refractivity contribution in [1.82, 2.24) is 0 Å². The first kappa shape index (κ1) is 23.1. The molecular weight excluding hydrogens is 428 g/mol. The molecule has 0 bridgehead atoms. The van der Waals surface area contributed by atoms with Gasteiger partial charge in [-0.3, -0.25) is 9.59 Å². The first-order chi connectivity index (χ1) is 16.3. The summed E-state index contributed by atoms with van der Waals surface area (Å²) in [5.74, 6) is 0.466. The molecule has 0 aromatic heterocycles. The fourth-order valence-electron chi connectivity index (χ4n) is 3.94. The smallest absolute Gasteiger partial charge is 0.282 e. The maximum Gasteiger partial charge on any atom is 0.282 e. The third-order valence-electron chi connectivity index (χ3n) is 5.47. The predicted molar refractivity (Wildman–Crippen MR) is 134 cm³/mol. The number of amides is 2. The van der Waals surface area contributed by atoms with Crippen LogP contribution in [0.15, 0.2) is 72.4 Å². The summed E-state index contributed by atoms with van der Waals surface area (Å²) in [5.41, 5.74) is 4.21. The summed E-state index contributed by atoms with van der Waals surface area (Å²) in [5, 5.41) is 3.20. The molecule has 34 heavy (non-hydrogen) atoms. The molecule has 3 aromatic carbocycles. The van der Waals surface area contributed by atoms with Gasteiger partial charge in [0.1, 0.15) is 17.2 Å². The van der Waals surface area contributed by atoms with Crippen molar-refractivity contribution in [3.05, 3.63) is 89.1 Å². The van der Waals surface area contributed by atoms with Crippen molar-refractivity contribution in [2.75, 3.05) is 17.3 Å². The highest BCUT2D eigenvalue weighted by Crippen LogP contribution is 2.36. The van der Waals surface area contributed by atoms with Crippen LogP contribution in [0.2, 0.25) is 0 Å². The lowest BCUT2D eigenvalue weighted by Crippen LogP contribution is -2.32. The summed E-state index contributed by atoms with van der Waals surface area (Å²) in [7, 11) is 1.57. The number of hydrogen-bond acceptors (Lipinski definition) is 5. The van der Waals surface area contributed by atoms with Crippen molar-refractivity contribution in [2.45, 2.75) is 33.8 Å². The number of nitrogens with zero attached hydrogens (tertiary/aromatic N) is 1. The van der Waals surface area contributed by atoms with E-state index in [1.54, 1.807) is 37.4 Å². The monoisotopic (exact) mass is 456 g/mol. The van der Waals surface area contributed by atoms with Gasteiger partial charge in [0.25, 0.3) is 11.8 Å². The molecule has 1 aliphatic rings. The number of nitrogens with one attached hydrogen (secondary N) is 1. The average molecular weight is 457 g/mol. The lowest BCUT2D eigenvalue weighted by Gasteiger charge is -2.16. The zero-order valence-electron chi connectivity index (χ0n) is 20.0. The third kappa shape index (κ3) is 4.53. The summed E-state index contributed by atoms with van der Waals surface area (Å²) in [6.07, 6.45) is 0.0302. The van der Waals surface area contributed by atoms with E-state index in [4.69, 9.17) is 9.47 Å². The van der Waals surface area contributed by atoms with Crippen molar-refractivity contribution in [3.63, 3.8) is 0 Å². The number of aryl methyl sites for hydroxylation is 2. The Hall–Kier alpha value is -4.06. The van der Waals surface area contributed by atoms with Gasteiger partial charge >= 0.3 is 0 Å². The Morgan fingerprint density at radius 1 is 0.853 bits per heavy atom. The second-order valence-corrected chi connectivity index (χ2v) is 8.55. The molecule has 6 nitrogen and oxygen atoms in total. The summed E-state index contributed by atoms with van der Waals surface area (Å²) < 4.78 is 11.2. The topological polar surface area (TPSA) is 67.9 Å². The fraction of sp³-hybridized carbons (Fsp3) is 0.214. The van der Waals surface area contributed by atoms with E-state index in [0.29, 0.717) is 34.0 Å². The highest BCUT2D eigenvalue weighted by Gasteiger charge is 2.40. The minimum atomic E-state index is -0.420. The van der Waals surface area contributed by atoms with E-state index in [9.17, 15) is 9.59 Å². The zero-order valence-corrected chi connectivity index (χ0v) is 20.0. The maximum absolute atomic E-state index is 13.7. The Morgan fingerprint density at radius 3 is 2.21 bits per heavy atom. The van der Waals surface area contributed by atoms with Gasteiger partial charge in [-0.2, -0.15) is 0 Å². The van der Waals surface area contributed by atoms with Gasteiger partial charge in [-0.25, -0.2) is 4.90 Å². The van der Waals surface area contributed by atoms with Crippen molar-refractivity contribution in [2.24, 2.45) is 0 Å². The number of methoxy groups -OCH3 is 1. The first-order valence-electron chi connectivity index (χ1n) is 11.2. The van der Waals surface area contributed by atoms with Gasteiger partial charge in [0.05, 0.1) is 30.2 Å². The summed E-state index contributed by atoms with van der Waals surface area (Å²) in [6, 6.07) is 20.2. The molecule has 6 heteroatoms. The van der Waals surface area contributed by atoms with Crippen molar-refractivity contribution < 1.29 is 19.1 Å². The molecule has 0 saturated heterocycles. The average Bonchev–Trinajstić information content (AvgIpc) is 3.03. The molecule has 3 aromatic rings. The van der Waals surface area contributed by atoms with Crippen LogP contribution in [0.4, 0.5) is 11.4 Å². The predicted octanol–water partition coefficient (Wildman–Crippen LogP) is 5.50. The van der Waals surface area contributed by atoms with E-state index in [1.165, 1.54) is 4.90 Å². The molecule has 4 rings (SSSR count). The van der Waals surface area contributed by atoms with Crippen molar-refractivity contribution in [1.29, 1.82) is 0 Å². The SMILES string of the molecule is COc1ccc(C)cc1NC1=C(c2ccc(OC(C)C)cc2)C(=O)N(c2cccc(C)c2)C1=O. The molecule has 0 spiro atoms. The van der Waals surface area contributed by atoms with E-state index in [2.05, 4.69) is 5.32 Å². The Kier molecular flexibility index (Phi) is 6.41. The molecule has 1 aliphatic heterocycles. The van der Waals surface area contributed by atoms with E-state index >= 15 is 0 Å². The number of carbonyl (C=O) groups excluding carboxylic acids is 2. The molecule has 0 radical (unpaired) electrons. The van der Waals surface area contributed by atoms with E-state index < -0.39 is 5.91 Å². The highest BCUT2D eigenvalue weighted by atomic mass is 16.5. The van der Waals surface area contributed by atoms with Gasteiger partial charge in [-0.05, 0) is 80.8 Å². The third-order valence-corrected chi connectivity index (χ3v) is 5.47. The number of rotatable bonds is 7. The lowest BCUT2D eigenvalue weighted by atomic mass is 10.0. The number of benzene rings is 3. The molecule has 174 valence electrons. The van der Waals surface area contributed by atoms with Gasteiger partial charge in [0.2, 0.25) is 0 Å². The second-order valence-electron chi connectivity index (χ2n) is 8.55. The Balaban J connectivity index is 1.82. The van der Waals surface area contributed by atoms with Crippen LogP contribution in [0.1, 0.15) is 30.5 Å². The van der Waals surface area contributed by atoms with Gasteiger partial charge in [0.15, 0.2) is 0 Å². The molecule has 0 saturated carbocycles. The quantitative estimate of drug-likeness (QED) is 0.476. The minimum absolute atomic E-state index is 0.0302. The van der Waals surface area contributed by atoms with Crippen LogP contribution >= 0.6 is 0 Å². The van der Waals surface area contributed by atoms with Gasteiger partial charge in [0, 0.05) is 0 Å². The van der Waals surface area contributed by atoms with Crippen molar-refractivity contribution >= 4 is 28.8 Å². The summed E-state index contributed by atoms with van der Waals surface area (Å²) in [4.78, 5) is 28.5. The molecule has 0 unspecified atom stereocenters. The van der Waals surface area contributed by atoms with Gasteiger partial charge in [-0.15, -0.1) is 0 Å². The van der Waals surface area contributed by atoms with E-state index in [-0.39, 0.29) is 17.7 Å². The Morgan fingerprint density at radius 2 is 1.56 bits per heavy atom. The number of ether oxygens (including phenoxy) is 2. The largest absolute Gasteiger partial charge is 0.495 e. The normalized spacial score (nSPS) is 13.6. The lowest BCUT2D eigenvalue weighted by molar-refractivity contribution is -0.120. The number of carbonyl (C=O) groups is 2. The molecule has 0 atom stereocenters. The van der Waals surface area contributed by atoms with E-state index in [0.717, 1.165) is 11.1 Å². The van der Waals surface area contributed by atoms with Crippen molar-refractivity contribution in [3.8, 4) is 11.5 Å². The number of hydrogen-bond donors (Lipinski definition) is 1. The highest BCUT2D eigenvalue weighted by molar-refractivity contribution is 6.46. The fourth-order valence-corrected chi connectivity index (χ4v) is 3.94. The second kappa shape index (κ2) is 9.43. The first-order valence-corrected chi connectivity index (χ1v) is 11.2. The molecule has 2 amide bonds. The molecule has 1 heterocycles. The van der Waals surface area contributed by atoms with Gasteiger partial charge < -0.3 is 14.8 Å². The number of imide groups is 1. The van der Waals surface area contributed by atoms with E-state index in [1.807, 2.05) is 64.1 Å². The summed E-state index contributed by atoms with van der Waals surface area (Å²) in [6.45, 7) is 7.78. The molecule has 1 N–H and O–H groups in total. The van der Waals surface area contributed by atoms with Crippen LogP contribution in [0, 0.1) is 13.8 Å². The maximum atomic E-state index is 13.7. The van der Waals surface area contributed by atoms with Crippen LogP contribution in [0.3, 0.4) is 0 Å². The van der Waals surface area contributed by atoms with Crippen LogP contribution in [-0.2, 0) is 9.59 Å². The zero-order chi connectivity index (χ0) is 24.4. The Bertz CT molecular complexity index is 1280. The minimum Gasteiger partial charge on any atom is -0.495 e. The standard InChI is InChI=1S/C28H28N2O4/c1-17(2)34-22-12-10-20(11-13-22)25-26(29-23-16-19(4)9-14-24(23)33-5)28(32)30(27(25)31)21-8-6-7-18(3)15-21/h6-17,29H,1-5H3. The number of anilines is 2. The Labute approximate surface area is 199 Å². The van der Waals surface area contributed by atoms with Crippen LogP contribution in [0.25, 0.3) is 5.57 Å².